The Morgan fingerprint density at radius 1 is 0.684 bits per heavy atom. The van der Waals surface area contributed by atoms with Crippen molar-refractivity contribution in [2.24, 2.45) is 5.92 Å². The smallest absolute Gasteiger partial charge is 0.113 e. The van der Waals surface area contributed by atoms with Crippen LogP contribution in [0, 0.1) is 5.92 Å². The minimum atomic E-state index is -0.445. The number of hydrogen-bond donors (Lipinski definition) is 0. The first-order chi connectivity index (χ1) is 9.27. The standard InChI is InChI=1S/C12H25FO4.C2H6/c1-12(2)11-17-10-9-16-8-7-15-6-5-14-4-3-13;1-2/h12H,3-11H2,1-2H3;1-2H3. The number of alkyl halides is 1. The molecule has 0 aromatic heterocycles. The molecule has 0 aromatic carbocycles. The maximum atomic E-state index is 11.6. The highest BCUT2D eigenvalue weighted by Crippen LogP contribution is 1.91. The van der Waals surface area contributed by atoms with Crippen LogP contribution >= 0.6 is 0 Å². The molecule has 0 aliphatic heterocycles. The van der Waals surface area contributed by atoms with Gasteiger partial charge < -0.3 is 18.9 Å². The molecule has 0 N–H and O–H groups in total. The molecule has 0 atom stereocenters. The Hall–Kier alpha value is -0.230. The Bertz CT molecular complexity index is 145. The molecule has 0 radical (unpaired) electrons. The number of hydrogen-bond acceptors (Lipinski definition) is 4. The fourth-order valence-corrected chi connectivity index (χ4v) is 1.03. The second kappa shape index (κ2) is 20.1. The molecule has 5 heteroatoms. The Kier molecular flexibility index (Phi) is 22.3. The van der Waals surface area contributed by atoms with Gasteiger partial charge in [-0.25, -0.2) is 4.39 Å². The first-order valence-electron chi connectivity index (χ1n) is 7.14. The van der Waals surface area contributed by atoms with Gasteiger partial charge >= 0.3 is 0 Å². The molecular formula is C14H31FO4. The van der Waals surface area contributed by atoms with Crippen molar-refractivity contribution in [1.82, 2.24) is 0 Å². The van der Waals surface area contributed by atoms with Crippen LogP contribution in [0.15, 0.2) is 0 Å². The van der Waals surface area contributed by atoms with Gasteiger partial charge in [-0.15, -0.1) is 0 Å². The van der Waals surface area contributed by atoms with Crippen molar-refractivity contribution >= 4 is 0 Å². The van der Waals surface area contributed by atoms with E-state index in [1.165, 1.54) is 0 Å². The van der Waals surface area contributed by atoms with E-state index in [2.05, 4.69) is 13.8 Å². The van der Waals surface area contributed by atoms with Gasteiger partial charge in [-0.3, -0.25) is 0 Å². The Balaban J connectivity index is 0. The molecule has 0 unspecified atom stereocenters. The molecule has 0 spiro atoms. The van der Waals surface area contributed by atoms with Crippen molar-refractivity contribution in [1.29, 1.82) is 0 Å². The molecule has 0 rings (SSSR count). The number of ether oxygens (including phenoxy) is 4. The monoisotopic (exact) mass is 282 g/mol. The van der Waals surface area contributed by atoms with Crippen LogP contribution in [-0.4, -0.2) is 59.5 Å². The summed E-state index contributed by atoms with van der Waals surface area (Å²) in [5.41, 5.74) is 0. The van der Waals surface area contributed by atoms with Crippen molar-refractivity contribution < 1.29 is 23.3 Å². The highest BCUT2D eigenvalue weighted by atomic mass is 19.1. The van der Waals surface area contributed by atoms with Crippen molar-refractivity contribution in [3.63, 3.8) is 0 Å². The molecule has 0 bridgehead atoms. The zero-order chi connectivity index (χ0) is 14.8. The molecule has 0 heterocycles. The second-order valence-electron chi connectivity index (χ2n) is 3.99. The molecular weight excluding hydrogens is 251 g/mol. The zero-order valence-corrected chi connectivity index (χ0v) is 13.0. The SMILES string of the molecule is CC.CC(C)COCCOCCOCCOCCF. The maximum Gasteiger partial charge on any atom is 0.113 e. The summed E-state index contributed by atoms with van der Waals surface area (Å²) in [6, 6.07) is 0. The van der Waals surface area contributed by atoms with Gasteiger partial charge in [0.15, 0.2) is 0 Å². The summed E-state index contributed by atoms with van der Waals surface area (Å²) >= 11 is 0. The highest BCUT2D eigenvalue weighted by Gasteiger charge is 1.94. The Morgan fingerprint density at radius 2 is 1.05 bits per heavy atom. The van der Waals surface area contributed by atoms with Crippen molar-refractivity contribution in [3.05, 3.63) is 0 Å². The van der Waals surface area contributed by atoms with Crippen LogP contribution in [0.1, 0.15) is 27.7 Å². The third-order valence-electron chi connectivity index (χ3n) is 1.79. The van der Waals surface area contributed by atoms with E-state index in [1.54, 1.807) is 0 Å². The van der Waals surface area contributed by atoms with E-state index in [0.717, 1.165) is 6.61 Å². The lowest BCUT2D eigenvalue weighted by Gasteiger charge is -2.08. The first kappa shape index (κ1) is 21.1. The van der Waals surface area contributed by atoms with E-state index in [1.807, 2.05) is 13.8 Å². The topological polar surface area (TPSA) is 36.9 Å². The molecule has 118 valence electrons. The van der Waals surface area contributed by atoms with E-state index in [9.17, 15) is 4.39 Å². The van der Waals surface area contributed by atoms with Gasteiger partial charge in [0.2, 0.25) is 0 Å². The Morgan fingerprint density at radius 3 is 1.42 bits per heavy atom. The van der Waals surface area contributed by atoms with E-state index >= 15 is 0 Å². The lowest BCUT2D eigenvalue weighted by molar-refractivity contribution is -0.00559. The van der Waals surface area contributed by atoms with Gasteiger partial charge in [0.25, 0.3) is 0 Å². The molecule has 0 amide bonds. The molecule has 0 aliphatic rings. The summed E-state index contributed by atoms with van der Waals surface area (Å²) in [5, 5.41) is 0. The van der Waals surface area contributed by atoms with Crippen molar-refractivity contribution in [3.8, 4) is 0 Å². The fourth-order valence-electron chi connectivity index (χ4n) is 1.03. The van der Waals surface area contributed by atoms with E-state index < -0.39 is 6.67 Å². The van der Waals surface area contributed by atoms with Crippen molar-refractivity contribution in [2.45, 2.75) is 27.7 Å². The molecule has 4 nitrogen and oxygen atoms in total. The quantitative estimate of drug-likeness (QED) is 0.487. The van der Waals surface area contributed by atoms with Crippen molar-refractivity contribution in [2.75, 3.05) is 59.5 Å². The van der Waals surface area contributed by atoms with Gasteiger partial charge in [0.1, 0.15) is 6.67 Å². The first-order valence-corrected chi connectivity index (χ1v) is 7.14. The number of rotatable bonds is 13. The largest absolute Gasteiger partial charge is 0.379 e. The minimum Gasteiger partial charge on any atom is -0.379 e. The summed E-state index contributed by atoms with van der Waals surface area (Å²) in [6.07, 6.45) is 0. The predicted octanol–water partition coefficient (Wildman–Crippen LogP) is 2.70. The van der Waals surface area contributed by atoms with E-state index in [4.69, 9.17) is 18.9 Å². The second-order valence-corrected chi connectivity index (χ2v) is 3.99. The zero-order valence-electron chi connectivity index (χ0n) is 13.0. The van der Waals surface area contributed by atoms with Crippen LogP contribution < -0.4 is 0 Å². The summed E-state index contributed by atoms with van der Waals surface area (Å²) in [4.78, 5) is 0. The summed E-state index contributed by atoms with van der Waals surface area (Å²) in [6.45, 7) is 11.9. The third-order valence-corrected chi connectivity index (χ3v) is 1.79. The minimum absolute atomic E-state index is 0.146. The lowest BCUT2D eigenvalue weighted by Crippen LogP contribution is -2.13. The number of halogens is 1. The Labute approximate surface area is 117 Å². The van der Waals surface area contributed by atoms with Gasteiger partial charge in [-0.2, -0.15) is 0 Å². The normalized spacial score (nSPS) is 10.4. The van der Waals surface area contributed by atoms with Crippen LogP contribution in [0.3, 0.4) is 0 Å². The van der Waals surface area contributed by atoms with E-state index in [-0.39, 0.29) is 6.61 Å². The molecule has 0 saturated heterocycles. The summed E-state index contributed by atoms with van der Waals surface area (Å²) in [5.74, 6) is 0.558. The lowest BCUT2D eigenvalue weighted by atomic mass is 10.2. The molecule has 0 saturated carbocycles. The average Bonchev–Trinajstić information content (AvgIpc) is 2.42. The maximum absolute atomic E-state index is 11.6. The van der Waals surface area contributed by atoms with Crippen LogP contribution in [0.2, 0.25) is 0 Å². The predicted molar refractivity (Wildman–Crippen MR) is 75.4 cm³/mol. The van der Waals surface area contributed by atoms with Gasteiger partial charge in [-0.05, 0) is 5.92 Å². The average molecular weight is 282 g/mol. The van der Waals surface area contributed by atoms with Gasteiger partial charge in [0, 0.05) is 6.61 Å². The third kappa shape index (κ3) is 23.3. The summed E-state index contributed by atoms with van der Waals surface area (Å²) in [7, 11) is 0. The molecule has 19 heavy (non-hydrogen) atoms. The molecule has 0 aliphatic carbocycles. The molecule has 0 aromatic rings. The van der Waals surface area contributed by atoms with E-state index in [0.29, 0.717) is 45.6 Å². The molecule has 0 fully saturated rings. The van der Waals surface area contributed by atoms with Gasteiger partial charge in [-0.1, -0.05) is 27.7 Å². The van der Waals surface area contributed by atoms with Crippen LogP contribution in [0.4, 0.5) is 4.39 Å². The van der Waals surface area contributed by atoms with Gasteiger partial charge in [0.05, 0.1) is 46.2 Å². The fraction of sp³-hybridized carbons (Fsp3) is 1.00. The summed E-state index contributed by atoms with van der Waals surface area (Å²) < 4.78 is 32.4. The van der Waals surface area contributed by atoms with Crippen LogP contribution in [0.25, 0.3) is 0 Å². The van der Waals surface area contributed by atoms with Crippen LogP contribution in [0.5, 0.6) is 0 Å². The highest BCUT2D eigenvalue weighted by molar-refractivity contribution is 4.39. The van der Waals surface area contributed by atoms with Crippen LogP contribution in [-0.2, 0) is 18.9 Å².